The van der Waals surface area contributed by atoms with E-state index in [-0.39, 0.29) is 0 Å². The normalized spacial score (nSPS) is 43.7. The summed E-state index contributed by atoms with van der Waals surface area (Å²) in [5.74, 6) is -1.75. The van der Waals surface area contributed by atoms with E-state index in [4.69, 9.17) is 18.8 Å². The Labute approximate surface area is 165 Å². The number of aliphatic hydroxyl groups excluding tert-OH is 6. The third-order valence-corrected chi connectivity index (χ3v) is 5.33. The number of nitrogens with one attached hydrogen (secondary N) is 1. The van der Waals surface area contributed by atoms with Crippen LogP contribution >= 0.6 is 0 Å². The maximum absolute atomic E-state index is 11.3. The molecule has 2 heterocycles. The molecule has 0 spiro atoms. The SMILES string of the molecule is CC(=O)N[C@@H]1[C@@H](O)[C@H](O[C@@H]2O[C@H](CS(=O)(=O)O)[C@H](O)[C@H](O)[C@H]2O)[C@@H](CO)O[C@H]1O. The van der Waals surface area contributed by atoms with Gasteiger partial charge in [-0.3, -0.25) is 9.35 Å². The lowest BCUT2D eigenvalue weighted by molar-refractivity contribution is -0.340. The quantitative estimate of drug-likeness (QED) is 0.178. The monoisotopic (exact) mass is 447 g/mol. The molecule has 1 amide bonds. The molecule has 0 aromatic carbocycles. The molecule has 0 aliphatic carbocycles. The van der Waals surface area contributed by atoms with Crippen LogP contribution in [-0.2, 0) is 29.1 Å². The Kier molecular flexibility index (Phi) is 7.91. The van der Waals surface area contributed by atoms with Crippen LogP contribution in [0.15, 0.2) is 0 Å². The molecule has 2 rings (SSSR count). The van der Waals surface area contributed by atoms with Crippen LogP contribution in [0.5, 0.6) is 0 Å². The van der Waals surface area contributed by atoms with Crippen molar-refractivity contribution >= 4 is 16.0 Å². The molecule has 14 nitrogen and oxygen atoms in total. The Hall–Kier alpha value is -0.980. The van der Waals surface area contributed by atoms with Gasteiger partial charge in [-0.1, -0.05) is 0 Å². The molecule has 0 aromatic heterocycles. The van der Waals surface area contributed by atoms with Gasteiger partial charge in [-0.15, -0.1) is 0 Å². The van der Waals surface area contributed by atoms with Crippen LogP contribution in [0.25, 0.3) is 0 Å². The molecular weight excluding hydrogens is 422 g/mol. The number of hydrogen-bond donors (Lipinski definition) is 8. The van der Waals surface area contributed by atoms with Gasteiger partial charge in [-0.05, 0) is 0 Å². The highest BCUT2D eigenvalue weighted by atomic mass is 32.2. The lowest BCUT2D eigenvalue weighted by atomic mass is 9.95. The van der Waals surface area contributed by atoms with E-state index in [0.717, 1.165) is 6.92 Å². The summed E-state index contributed by atoms with van der Waals surface area (Å²) in [5.41, 5.74) is 0. The topological polar surface area (TPSA) is 233 Å². The summed E-state index contributed by atoms with van der Waals surface area (Å²) in [6.45, 7) is 0.340. The van der Waals surface area contributed by atoms with Gasteiger partial charge >= 0.3 is 0 Å². The average molecular weight is 447 g/mol. The van der Waals surface area contributed by atoms with Crippen molar-refractivity contribution in [3.8, 4) is 0 Å². The van der Waals surface area contributed by atoms with Gasteiger partial charge in [0.1, 0.15) is 54.5 Å². The molecule has 2 aliphatic rings. The molecular formula is C14H25NO13S. The van der Waals surface area contributed by atoms with E-state index in [0.29, 0.717) is 0 Å². The summed E-state index contributed by atoms with van der Waals surface area (Å²) in [5, 5.41) is 61.9. The average Bonchev–Trinajstić information content (AvgIpc) is 2.61. The second-order valence-corrected chi connectivity index (χ2v) is 8.33. The van der Waals surface area contributed by atoms with E-state index in [2.05, 4.69) is 5.32 Å². The van der Waals surface area contributed by atoms with Crippen molar-refractivity contribution in [3.63, 3.8) is 0 Å². The Morgan fingerprint density at radius 3 is 2.14 bits per heavy atom. The highest BCUT2D eigenvalue weighted by Gasteiger charge is 2.51. The lowest BCUT2D eigenvalue weighted by Gasteiger charge is -2.46. The van der Waals surface area contributed by atoms with Crippen LogP contribution in [0.1, 0.15) is 6.92 Å². The highest BCUT2D eigenvalue weighted by molar-refractivity contribution is 7.85. The zero-order chi connectivity index (χ0) is 22.1. The summed E-state index contributed by atoms with van der Waals surface area (Å²) >= 11 is 0. The molecule has 2 saturated heterocycles. The minimum absolute atomic E-state index is 0.626. The molecule has 170 valence electrons. The standard InChI is InChI=1S/C14H25NO13S/c1-4(17)15-7-9(19)12(5(2-16)26-13(7)22)28-14-11(21)10(20)8(18)6(27-14)3-29(23,24)25/h5-14,16,18-22H,2-3H2,1H3,(H,15,17)(H,23,24,25)/t5-,6-,7-,8+,9-,10+,11-,12-,13-,14+/m1/s1. The molecule has 2 aliphatic heterocycles. The van der Waals surface area contributed by atoms with E-state index in [1.807, 2.05) is 0 Å². The van der Waals surface area contributed by atoms with Gasteiger partial charge in [0.15, 0.2) is 12.6 Å². The molecule has 0 bridgehead atoms. The van der Waals surface area contributed by atoms with Gasteiger partial charge in [-0.2, -0.15) is 8.42 Å². The van der Waals surface area contributed by atoms with Crippen LogP contribution in [0.2, 0.25) is 0 Å². The van der Waals surface area contributed by atoms with Gasteiger partial charge in [0.05, 0.1) is 6.61 Å². The van der Waals surface area contributed by atoms with Crippen LogP contribution in [0, 0.1) is 0 Å². The molecule has 0 unspecified atom stereocenters. The molecule has 2 fully saturated rings. The van der Waals surface area contributed by atoms with E-state index in [9.17, 15) is 43.9 Å². The molecule has 0 saturated carbocycles. The first kappa shape index (κ1) is 24.3. The second-order valence-electron chi connectivity index (χ2n) is 6.83. The fourth-order valence-electron chi connectivity index (χ4n) is 3.17. The molecule has 29 heavy (non-hydrogen) atoms. The lowest BCUT2D eigenvalue weighted by Crippen LogP contribution is -2.67. The first-order valence-corrected chi connectivity index (χ1v) is 10.2. The fourth-order valence-corrected chi connectivity index (χ4v) is 3.86. The smallest absolute Gasteiger partial charge is 0.267 e. The number of ether oxygens (including phenoxy) is 3. The van der Waals surface area contributed by atoms with Crippen molar-refractivity contribution in [2.24, 2.45) is 0 Å². The van der Waals surface area contributed by atoms with Crippen LogP contribution in [0.3, 0.4) is 0 Å². The minimum atomic E-state index is -4.64. The largest absolute Gasteiger partial charge is 0.394 e. The van der Waals surface area contributed by atoms with Gasteiger partial charge < -0.3 is 50.2 Å². The minimum Gasteiger partial charge on any atom is -0.394 e. The zero-order valence-corrected chi connectivity index (χ0v) is 16.0. The van der Waals surface area contributed by atoms with E-state index in [1.165, 1.54) is 0 Å². The van der Waals surface area contributed by atoms with Gasteiger partial charge in [0.2, 0.25) is 5.91 Å². The predicted molar refractivity (Wildman–Crippen MR) is 89.5 cm³/mol. The predicted octanol–water partition coefficient (Wildman–Crippen LogP) is -5.36. The van der Waals surface area contributed by atoms with Gasteiger partial charge in [0, 0.05) is 6.92 Å². The number of aliphatic hydroxyl groups is 6. The Morgan fingerprint density at radius 1 is 1.00 bits per heavy atom. The summed E-state index contributed by atoms with van der Waals surface area (Å²) in [6.07, 6.45) is -15.5. The van der Waals surface area contributed by atoms with Gasteiger partial charge in [-0.25, -0.2) is 0 Å². The number of hydrogen-bond acceptors (Lipinski definition) is 12. The van der Waals surface area contributed by atoms with Crippen LogP contribution in [-0.4, -0.2) is 123 Å². The van der Waals surface area contributed by atoms with E-state index in [1.54, 1.807) is 0 Å². The molecule has 15 heteroatoms. The van der Waals surface area contributed by atoms with Crippen LogP contribution in [0.4, 0.5) is 0 Å². The molecule has 8 N–H and O–H groups in total. The fraction of sp³-hybridized carbons (Fsp3) is 0.929. The summed E-state index contributed by atoms with van der Waals surface area (Å²) in [6, 6.07) is -1.38. The van der Waals surface area contributed by atoms with Crippen molar-refractivity contribution in [2.45, 2.75) is 68.3 Å². The molecule has 0 radical (unpaired) electrons. The van der Waals surface area contributed by atoms with Crippen molar-refractivity contribution in [3.05, 3.63) is 0 Å². The van der Waals surface area contributed by atoms with Crippen LogP contribution < -0.4 is 5.32 Å². The zero-order valence-electron chi connectivity index (χ0n) is 15.2. The summed E-state index contributed by atoms with van der Waals surface area (Å²) in [4.78, 5) is 11.3. The van der Waals surface area contributed by atoms with Gasteiger partial charge in [0.25, 0.3) is 10.1 Å². The Morgan fingerprint density at radius 2 is 1.62 bits per heavy atom. The third kappa shape index (κ3) is 5.80. The Bertz CT molecular complexity index is 674. The first-order valence-electron chi connectivity index (χ1n) is 8.55. The number of amides is 1. The maximum Gasteiger partial charge on any atom is 0.267 e. The number of carbonyl (C=O) groups is 1. The van der Waals surface area contributed by atoms with Crippen molar-refractivity contribution < 1.29 is 62.6 Å². The number of rotatable bonds is 6. The van der Waals surface area contributed by atoms with E-state index < -0.39 is 89.7 Å². The number of carbonyl (C=O) groups excluding carboxylic acids is 1. The van der Waals surface area contributed by atoms with E-state index >= 15 is 0 Å². The molecule has 0 aromatic rings. The molecule has 10 atom stereocenters. The highest BCUT2D eigenvalue weighted by Crippen LogP contribution is 2.29. The van der Waals surface area contributed by atoms with Crippen molar-refractivity contribution in [2.75, 3.05) is 12.4 Å². The first-order chi connectivity index (χ1) is 13.4. The Balaban J connectivity index is 2.21. The summed E-state index contributed by atoms with van der Waals surface area (Å²) in [7, 11) is -4.64. The van der Waals surface area contributed by atoms with Crippen molar-refractivity contribution in [1.82, 2.24) is 5.32 Å². The maximum atomic E-state index is 11.3. The summed E-state index contributed by atoms with van der Waals surface area (Å²) < 4.78 is 46.7. The second kappa shape index (κ2) is 9.44. The van der Waals surface area contributed by atoms with Crippen molar-refractivity contribution in [1.29, 1.82) is 0 Å². The third-order valence-electron chi connectivity index (χ3n) is 4.58.